The molecule has 1 rings (SSSR count). The van der Waals surface area contributed by atoms with Gasteiger partial charge in [0.25, 0.3) is 0 Å². The molecular weight excluding hydrogens is 174 g/mol. The highest BCUT2D eigenvalue weighted by molar-refractivity contribution is 4.95. The van der Waals surface area contributed by atoms with Gasteiger partial charge < -0.3 is 0 Å². The molecule has 3 heteroatoms. The van der Waals surface area contributed by atoms with E-state index in [4.69, 9.17) is 5.84 Å². The second kappa shape index (κ2) is 4.60. The summed E-state index contributed by atoms with van der Waals surface area (Å²) in [5.74, 6) is 6.22. The summed E-state index contributed by atoms with van der Waals surface area (Å²) in [6.07, 6.45) is 2.66. The van der Waals surface area contributed by atoms with Crippen LogP contribution in [0.25, 0.3) is 0 Å². The van der Waals surface area contributed by atoms with Crippen LogP contribution in [0, 0.1) is 5.92 Å². The van der Waals surface area contributed by atoms with Crippen molar-refractivity contribution in [3.63, 3.8) is 0 Å². The topological polar surface area (TPSA) is 41.3 Å². The fraction of sp³-hybridized carbons (Fsp3) is 1.00. The van der Waals surface area contributed by atoms with E-state index >= 15 is 0 Å². The fourth-order valence-corrected chi connectivity index (χ4v) is 2.70. The molecule has 14 heavy (non-hydrogen) atoms. The smallest absolute Gasteiger partial charge is 0.0412 e. The summed E-state index contributed by atoms with van der Waals surface area (Å²) in [7, 11) is 0. The van der Waals surface area contributed by atoms with Gasteiger partial charge in [-0.15, -0.1) is 0 Å². The van der Waals surface area contributed by atoms with E-state index in [-0.39, 0.29) is 5.54 Å². The van der Waals surface area contributed by atoms with Gasteiger partial charge >= 0.3 is 0 Å². The number of likely N-dealkylation sites (tertiary alicyclic amines) is 1. The molecular formula is C11H25N3. The first-order valence-corrected chi connectivity index (χ1v) is 5.71. The summed E-state index contributed by atoms with van der Waals surface area (Å²) in [6, 6.07) is 0.362. The van der Waals surface area contributed by atoms with Gasteiger partial charge in [0.1, 0.15) is 0 Å². The van der Waals surface area contributed by atoms with Crippen LogP contribution >= 0.6 is 0 Å². The molecule has 0 radical (unpaired) electrons. The van der Waals surface area contributed by atoms with Crippen molar-refractivity contribution in [1.29, 1.82) is 0 Å². The average molecular weight is 199 g/mol. The van der Waals surface area contributed by atoms with Gasteiger partial charge in [0.15, 0.2) is 0 Å². The molecule has 1 saturated heterocycles. The number of nitrogens with two attached hydrogens (primary N) is 1. The van der Waals surface area contributed by atoms with Gasteiger partial charge in [0, 0.05) is 11.6 Å². The Morgan fingerprint density at radius 3 is 2.07 bits per heavy atom. The van der Waals surface area contributed by atoms with Gasteiger partial charge in [-0.05, 0) is 45.7 Å². The van der Waals surface area contributed by atoms with Gasteiger partial charge in [-0.25, -0.2) is 0 Å². The second-order valence-corrected chi connectivity index (χ2v) is 5.24. The highest BCUT2D eigenvalue weighted by Crippen LogP contribution is 2.27. The third kappa shape index (κ3) is 2.27. The van der Waals surface area contributed by atoms with E-state index in [9.17, 15) is 0 Å². The number of hydrogen-bond acceptors (Lipinski definition) is 3. The lowest BCUT2D eigenvalue weighted by Crippen LogP contribution is -2.60. The molecule has 0 aromatic rings. The third-order valence-corrected chi connectivity index (χ3v) is 3.53. The Balaban J connectivity index is 2.69. The van der Waals surface area contributed by atoms with Crippen molar-refractivity contribution in [1.82, 2.24) is 10.3 Å². The molecule has 0 amide bonds. The molecule has 0 saturated carbocycles. The maximum absolute atomic E-state index is 5.65. The van der Waals surface area contributed by atoms with E-state index in [1.807, 2.05) is 0 Å². The number of nitrogens with zero attached hydrogens (tertiary/aromatic N) is 1. The molecule has 3 nitrogen and oxygen atoms in total. The predicted molar refractivity (Wildman–Crippen MR) is 60.8 cm³/mol. The molecule has 3 N–H and O–H groups in total. The Bertz CT molecular complexity index is 171. The molecule has 0 aromatic heterocycles. The normalized spacial score (nSPS) is 21.9. The van der Waals surface area contributed by atoms with E-state index < -0.39 is 0 Å². The van der Waals surface area contributed by atoms with Gasteiger partial charge in [-0.1, -0.05) is 13.8 Å². The first-order chi connectivity index (χ1) is 6.50. The summed E-state index contributed by atoms with van der Waals surface area (Å²) in [5.41, 5.74) is 3.14. The Morgan fingerprint density at radius 2 is 1.71 bits per heavy atom. The SMILES string of the molecule is CC(C)C(NN)C(C)(C)N1CCCC1. The van der Waals surface area contributed by atoms with Gasteiger partial charge in [0.05, 0.1) is 0 Å². The number of hydrazine groups is 1. The minimum atomic E-state index is 0.166. The largest absolute Gasteiger partial charge is 0.297 e. The van der Waals surface area contributed by atoms with Crippen molar-refractivity contribution in [3.8, 4) is 0 Å². The molecule has 1 heterocycles. The number of hydrogen-bond donors (Lipinski definition) is 2. The highest BCUT2D eigenvalue weighted by atomic mass is 15.3. The molecule has 84 valence electrons. The molecule has 1 fully saturated rings. The van der Waals surface area contributed by atoms with Crippen molar-refractivity contribution in [3.05, 3.63) is 0 Å². The molecule has 0 bridgehead atoms. The Hall–Kier alpha value is -0.120. The molecule has 1 aliphatic heterocycles. The monoisotopic (exact) mass is 199 g/mol. The van der Waals surface area contributed by atoms with E-state index in [0.29, 0.717) is 12.0 Å². The van der Waals surface area contributed by atoms with Crippen molar-refractivity contribution in [2.24, 2.45) is 11.8 Å². The van der Waals surface area contributed by atoms with Crippen LogP contribution in [-0.2, 0) is 0 Å². The third-order valence-electron chi connectivity index (χ3n) is 3.53. The van der Waals surface area contributed by atoms with E-state index in [0.717, 1.165) is 0 Å². The summed E-state index contributed by atoms with van der Waals surface area (Å²) >= 11 is 0. The quantitative estimate of drug-likeness (QED) is 0.530. The lowest BCUT2D eigenvalue weighted by atomic mass is 9.85. The molecule has 0 spiro atoms. The summed E-state index contributed by atoms with van der Waals surface area (Å²) in [4.78, 5) is 2.55. The molecule has 1 unspecified atom stereocenters. The molecule has 0 aromatic carbocycles. The van der Waals surface area contributed by atoms with Crippen molar-refractivity contribution < 1.29 is 0 Å². The Morgan fingerprint density at radius 1 is 1.21 bits per heavy atom. The maximum atomic E-state index is 5.65. The van der Waals surface area contributed by atoms with Crippen molar-refractivity contribution >= 4 is 0 Å². The standard InChI is InChI=1S/C11H25N3/c1-9(2)10(13-12)11(3,4)14-7-5-6-8-14/h9-10,13H,5-8,12H2,1-4H3. The lowest BCUT2D eigenvalue weighted by molar-refractivity contribution is 0.0852. The molecule has 1 atom stereocenters. The van der Waals surface area contributed by atoms with Gasteiger partial charge in [0.2, 0.25) is 0 Å². The predicted octanol–water partition coefficient (Wildman–Crippen LogP) is 1.35. The van der Waals surface area contributed by atoms with Crippen LogP contribution in [0.2, 0.25) is 0 Å². The van der Waals surface area contributed by atoms with Crippen molar-refractivity contribution in [2.75, 3.05) is 13.1 Å². The van der Waals surface area contributed by atoms with E-state index in [1.54, 1.807) is 0 Å². The zero-order chi connectivity index (χ0) is 10.8. The minimum Gasteiger partial charge on any atom is -0.297 e. The molecule has 1 aliphatic rings. The second-order valence-electron chi connectivity index (χ2n) is 5.24. The zero-order valence-corrected chi connectivity index (χ0v) is 10.0. The summed E-state index contributed by atoms with van der Waals surface area (Å²) in [5, 5.41) is 0. The van der Waals surface area contributed by atoms with Crippen LogP contribution < -0.4 is 11.3 Å². The van der Waals surface area contributed by atoms with E-state index in [2.05, 4.69) is 38.0 Å². The Labute approximate surface area is 88.0 Å². The fourth-order valence-electron chi connectivity index (χ4n) is 2.70. The van der Waals surface area contributed by atoms with Crippen LogP contribution in [0.3, 0.4) is 0 Å². The first-order valence-electron chi connectivity index (χ1n) is 5.71. The van der Waals surface area contributed by atoms with Gasteiger partial charge in [-0.2, -0.15) is 0 Å². The lowest BCUT2D eigenvalue weighted by Gasteiger charge is -2.43. The number of rotatable bonds is 4. The minimum absolute atomic E-state index is 0.166. The van der Waals surface area contributed by atoms with Crippen LogP contribution in [-0.4, -0.2) is 29.6 Å². The molecule has 0 aliphatic carbocycles. The summed E-state index contributed by atoms with van der Waals surface area (Å²) < 4.78 is 0. The number of nitrogens with one attached hydrogen (secondary N) is 1. The van der Waals surface area contributed by atoms with Crippen LogP contribution in [0.15, 0.2) is 0 Å². The maximum Gasteiger partial charge on any atom is 0.0412 e. The average Bonchev–Trinajstić information content (AvgIpc) is 2.55. The van der Waals surface area contributed by atoms with Crippen molar-refractivity contribution in [2.45, 2.75) is 52.1 Å². The van der Waals surface area contributed by atoms with Crippen LogP contribution in [0.1, 0.15) is 40.5 Å². The van der Waals surface area contributed by atoms with Gasteiger partial charge in [-0.3, -0.25) is 16.2 Å². The highest BCUT2D eigenvalue weighted by Gasteiger charge is 2.37. The van der Waals surface area contributed by atoms with Crippen LogP contribution in [0.5, 0.6) is 0 Å². The van der Waals surface area contributed by atoms with E-state index in [1.165, 1.54) is 25.9 Å². The zero-order valence-electron chi connectivity index (χ0n) is 10.0. The first kappa shape index (κ1) is 12.0. The summed E-state index contributed by atoms with van der Waals surface area (Å²) in [6.45, 7) is 11.5. The Kier molecular flexibility index (Phi) is 3.93. The van der Waals surface area contributed by atoms with Crippen LogP contribution in [0.4, 0.5) is 0 Å².